The maximum Gasteiger partial charge on any atom is 0.235 e. The molecule has 1 amide bonds. The van der Waals surface area contributed by atoms with E-state index in [1.165, 1.54) is 0 Å². The van der Waals surface area contributed by atoms with Gasteiger partial charge in [-0.1, -0.05) is 58.0 Å². The molecular weight excluding hydrogens is 310 g/mol. The Morgan fingerprint density at radius 2 is 1.72 bits per heavy atom. The Bertz CT molecular complexity index is 530. The van der Waals surface area contributed by atoms with Gasteiger partial charge in [-0.25, -0.2) is 0 Å². The Hall–Kier alpha value is -1.26. The van der Waals surface area contributed by atoms with E-state index in [4.69, 9.17) is 0 Å². The molecule has 0 atom stereocenters. The van der Waals surface area contributed by atoms with Gasteiger partial charge in [0, 0.05) is 9.79 Å². The topological polar surface area (TPSA) is 29.1 Å². The molecule has 0 aliphatic rings. The van der Waals surface area contributed by atoms with Gasteiger partial charge in [-0.2, -0.15) is 0 Å². The molecule has 0 saturated heterocycles. The van der Waals surface area contributed by atoms with Crippen LogP contribution in [0.5, 0.6) is 0 Å². The van der Waals surface area contributed by atoms with E-state index in [2.05, 4.69) is 21.2 Å². The summed E-state index contributed by atoms with van der Waals surface area (Å²) in [5.41, 5.74) is 0.843. The molecule has 0 fully saturated rings. The van der Waals surface area contributed by atoms with Crippen molar-refractivity contribution in [3.8, 4) is 0 Å². The zero-order valence-corrected chi connectivity index (χ0v) is 12.0. The third-order valence-electron chi connectivity index (χ3n) is 2.25. The molecule has 92 valence electrons. The smallest absolute Gasteiger partial charge is 0.235 e. The quantitative estimate of drug-likeness (QED) is 0.856. The van der Waals surface area contributed by atoms with E-state index >= 15 is 0 Å². The number of halogens is 1. The first-order valence-corrected chi connectivity index (χ1v) is 7.41. The summed E-state index contributed by atoms with van der Waals surface area (Å²) in [5, 5.41) is 3.18. The molecule has 0 radical (unpaired) electrons. The second-order valence-corrected chi connectivity index (χ2v) is 5.27. The van der Waals surface area contributed by atoms with E-state index in [1.54, 1.807) is 11.8 Å². The van der Waals surface area contributed by atoms with Gasteiger partial charge in [0.05, 0.1) is 11.0 Å². The summed E-state index contributed by atoms with van der Waals surface area (Å²) in [6.07, 6.45) is 0. The number of nitrogens with one attached hydrogen (secondary N) is 1. The molecule has 2 rings (SSSR count). The van der Waals surface area contributed by atoms with Crippen molar-refractivity contribution >= 4 is 39.3 Å². The Kier molecular flexibility index (Phi) is 4.84. The highest BCUT2D eigenvalue weighted by Gasteiger charge is 2.06. The molecule has 0 aliphatic carbocycles. The minimum Gasteiger partial charge on any atom is -0.324 e. The van der Waals surface area contributed by atoms with Gasteiger partial charge in [0.2, 0.25) is 5.91 Å². The average Bonchev–Trinajstić information content (AvgIpc) is 2.42. The van der Waals surface area contributed by atoms with Gasteiger partial charge < -0.3 is 5.32 Å². The second-order valence-electron chi connectivity index (χ2n) is 3.59. The number of carbonyl (C=O) groups excluding carboxylic acids is 1. The molecule has 4 heteroatoms. The minimum absolute atomic E-state index is 0.0453. The summed E-state index contributed by atoms with van der Waals surface area (Å²) in [6.45, 7) is 0. The predicted molar refractivity (Wildman–Crippen MR) is 79.4 cm³/mol. The van der Waals surface area contributed by atoms with Crippen molar-refractivity contribution in [3.05, 3.63) is 54.6 Å². The van der Waals surface area contributed by atoms with Crippen LogP contribution < -0.4 is 5.32 Å². The first-order valence-electron chi connectivity index (χ1n) is 5.47. The van der Waals surface area contributed by atoms with Crippen molar-refractivity contribution in [2.75, 3.05) is 10.6 Å². The van der Waals surface area contributed by atoms with Gasteiger partial charge >= 0.3 is 0 Å². The van der Waals surface area contributed by atoms with Gasteiger partial charge in [0.1, 0.15) is 0 Å². The number of benzene rings is 2. The van der Waals surface area contributed by atoms with Gasteiger partial charge in [0.25, 0.3) is 0 Å². The van der Waals surface area contributed by atoms with Crippen LogP contribution >= 0.6 is 27.7 Å². The van der Waals surface area contributed by atoms with Crippen molar-refractivity contribution in [2.24, 2.45) is 0 Å². The molecule has 0 unspecified atom stereocenters. The number of alkyl halides is 1. The van der Waals surface area contributed by atoms with Crippen LogP contribution in [-0.2, 0) is 4.79 Å². The van der Waals surface area contributed by atoms with Crippen LogP contribution in [-0.4, -0.2) is 11.2 Å². The van der Waals surface area contributed by atoms with E-state index in [0.29, 0.717) is 5.33 Å². The molecule has 0 aromatic heterocycles. The first-order chi connectivity index (χ1) is 8.79. The highest BCUT2D eigenvalue weighted by Crippen LogP contribution is 2.33. The fourth-order valence-corrected chi connectivity index (χ4v) is 2.52. The normalized spacial score (nSPS) is 10.1. The number of carbonyl (C=O) groups is 1. The van der Waals surface area contributed by atoms with Crippen LogP contribution in [0.4, 0.5) is 5.69 Å². The Morgan fingerprint density at radius 1 is 1.06 bits per heavy atom. The predicted octanol–water partition coefficient (Wildman–Crippen LogP) is 4.17. The lowest BCUT2D eigenvalue weighted by Gasteiger charge is -2.09. The molecule has 0 spiro atoms. The number of hydrogen-bond donors (Lipinski definition) is 1. The van der Waals surface area contributed by atoms with Gasteiger partial charge in [0.15, 0.2) is 0 Å². The van der Waals surface area contributed by atoms with Gasteiger partial charge in [-0.3, -0.25) is 4.79 Å². The highest BCUT2D eigenvalue weighted by molar-refractivity contribution is 9.09. The average molecular weight is 322 g/mol. The summed E-state index contributed by atoms with van der Waals surface area (Å²) >= 11 is 4.78. The third-order valence-corrected chi connectivity index (χ3v) is 3.85. The maximum absolute atomic E-state index is 11.4. The van der Waals surface area contributed by atoms with Gasteiger partial charge in [-0.05, 0) is 24.3 Å². The fraction of sp³-hybridized carbons (Fsp3) is 0.0714. The molecule has 2 nitrogen and oxygen atoms in total. The zero-order chi connectivity index (χ0) is 12.8. The SMILES string of the molecule is O=C(CBr)Nc1ccccc1Sc1ccccc1. The molecule has 0 saturated carbocycles. The number of amides is 1. The summed E-state index contributed by atoms with van der Waals surface area (Å²) in [5.74, 6) is -0.0453. The van der Waals surface area contributed by atoms with Crippen molar-refractivity contribution in [3.63, 3.8) is 0 Å². The molecule has 1 N–H and O–H groups in total. The number of para-hydroxylation sites is 1. The zero-order valence-electron chi connectivity index (χ0n) is 9.60. The minimum atomic E-state index is -0.0453. The van der Waals surface area contributed by atoms with Gasteiger partial charge in [-0.15, -0.1) is 0 Å². The van der Waals surface area contributed by atoms with E-state index in [1.807, 2.05) is 54.6 Å². The Labute approximate surface area is 119 Å². The van der Waals surface area contributed by atoms with E-state index in [0.717, 1.165) is 15.5 Å². The summed E-state index contributed by atoms with van der Waals surface area (Å²) in [6, 6.07) is 17.9. The summed E-state index contributed by atoms with van der Waals surface area (Å²) in [4.78, 5) is 13.6. The summed E-state index contributed by atoms with van der Waals surface area (Å²) < 4.78 is 0. The Balaban J connectivity index is 2.20. The summed E-state index contributed by atoms with van der Waals surface area (Å²) in [7, 11) is 0. The molecule has 0 aliphatic heterocycles. The second kappa shape index (κ2) is 6.61. The van der Waals surface area contributed by atoms with Crippen molar-refractivity contribution < 1.29 is 4.79 Å². The van der Waals surface area contributed by atoms with E-state index < -0.39 is 0 Å². The molecule has 0 bridgehead atoms. The maximum atomic E-state index is 11.4. The van der Waals surface area contributed by atoms with E-state index in [9.17, 15) is 4.79 Å². The number of anilines is 1. The van der Waals surface area contributed by atoms with Crippen molar-refractivity contribution in [2.45, 2.75) is 9.79 Å². The lowest BCUT2D eigenvalue weighted by atomic mass is 10.3. The lowest BCUT2D eigenvalue weighted by Crippen LogP contribution is -2.12. The standard InChI is InChI=1S/C14H12BrNOS/c15-10-14(17)16-12-8-4-5-9-13(12)18-11-6-2-1-3-7-11/h1-9H,10H2,(H,16,17). The fourth-order valence-electron chi connectivity index (χ4n) is 1.46. The molecular formula is C14H12BrNOS. The van der Waals surface area contributed by atoms with Crippen LogP contribution in [0.15, 0.2) is 64.4 Å². The van der Waals surface area contributed by atoms with Crippen LogP contribution in [0.3, 0.4) is 0 Å². The number of hydrogen-bond acceptors (Lipinski definition) is 2. The molecule has 2 aromatic carbocycles. The molecule has 2 aromatic rings. The molecule has 0 heterocycles. The van der Waals surface area contributed by atoms with Crippen molar-refractivity contribution in [1.29, 1.82) is 0 Å². The first kappa shape index (κ1) is 13.2. The van der Waals surface area contributed by atoms with Crippen molar-refractivity contribution in [1.82, 2.24) is 0 Å². The monoisotopic (exact) mass is 321 g/mol. The van der Waals surface area contributed by atoms with Crippen LogP contribution in [0.2, 0.25) is 0 Å². The van der Waals surface area contributed by atoms with Crippen LogP contribution in [0, 0.1) is 0 Å². The Morgan fingerprint density at radius 3 is 2.44 bits per heavy atom. The van der Waals surface area contributed by atoms with Crippen LogP contribution in [0.25, 0.3) is 0 Å². The van der Waals surface area contributed by atoms with Crippen LogP contribution in [0.1, 0.15) is 0 Å². The largest absolute Gasteiger partial charge is 0.324 e. The number of rotatable bonds is 4. The highest BCUT2D eigenvalue weighted by atomic mass is 79.9. The molecule has 18 heavy (non-hydrogen) atoms. The third kappa shape index (κ3) is 3.62. The lowest BCUT2D eigenvalue weighted by molar-refractivity contribution is -0.113. The van der Waals surface area contributed by atoms with E-state index in [-0.39, 0.29) is 5.91 Å².